The molecule has 1 saturated heterocycles. The van der Waals surface area contributed by atoms with E-state index in [0.29, 0.717) is 5.58 Å². The number of piperazine rings is 1. The molecule has 0 spiro atoms. The van der Waals surface area contributed by atoms with E-state index in [4.69, 9.17) is 16.0 Å². The Balaban J connectivity index is 1.42. The Morgan fingerprint density at radius 2 is 1.72 bits per heavy atom. The third kappa shape index (κ3) is 3.61. The highest BCUT2D eigenvalue weighted by molar-refractivity contribution is 6.30. The molecule has 1 aliphatic heterocycles. The summed E-state index contributed by atoms with van der Waals surface area (Å²) in [6.45, 7) is 4.46. The first-order valence-electron chi connectivity index (χ1n) is 9.85. The van der Waals surface area contributed by atoms with Crippen LogP contribution in [0.1, 0.15) is 5.56 Å². The molecular weight excluding hydrogens is 384 g/mol. The number of anilines is 1. The molecule has 5 heteroatoms. The standard InChI is InChI=1S/C24H21ClN2O2/c25-19-5-3-6-20(15-19)27-12-10-26(11-13-27)16-18-14-23(28)29-22-9-8-17-4-1-2-7-21(17)24(18)22/h1-9,14-15H,10-13,16H2. The Hall–Kier alpha value is -2.82. The lowest BCUT2D eigenvalue weighted by Crippen LogP contribution is -2.46. The van der Waals surface area contributed by atoms with Gasteiger partial charge in [0.1, 0.15) is 5.58 Å². The average molecular weight is 405 g/mol. The van der Waals surface area contributed by atoms with Crippen LogP contribution in [0.25, 0.3) is 21.7 Å². The molecule has 1 fully saturated rings. The van der Waals surface area contributed by atoms with Crippen LogP contribution in [0.2, 0.25) is 5.02 Å². The maximum Gasteiger partial charge on any atom is 0.336 e. The van der Waals surface area contributed by atoms with Crippen molar-refractivity contribution in [3.8, 4) is 0 Å². The van der Waals surface area contributed by atoms with E-state index in [9.17, 15) is 4.79 Å². The van der Waals surface area contributed by atoms with E-state index in [1.807, 2.05) is 42.5 Å². The first-order chi connectivity index (χ1) is 14.2. The van der Waals surface area contributed by atoms with Gasteiger partial charge in [-0.2, -0.15) is 0 Å². The second kappa shape index (κ2) is 7.54. The molecule has 1 aliphatic rings. The normalized spacial score (nSPS) is 15.3. The van der Waals surface area contributed by atoms with Gasteiger partial charge in [0.15, 0.2) is 0 Å². The molecule has 2 heterocycles. The number of hydrogen-bond acceptors (Lipinski definition) is 4. The predicted octanol–water partition coefficient (Wildman–Crippen LogP) is 4.92. The van der Waals surface area contributed by atoms with Crippen molar-refractivity contribution in [3.63, 3.8) is 0 Å². The van der Waals surface area contributed by atoms with Gasteiger partial charge >= 0.3 is 5.63 Å². The molecule has 1 aromatic heterocycles. The van der Waals surface area contributed by atoms with Crippen molar-refractivity contribution in [2.45, 2.75) is 6.54 Å². The highest BCUT2D eigenvalue weighted by atomic mass is 35.5. The smallest absolute Gasteiger partial charge is 0.336 e. The molecule has 29 heavy (non-hydrogen) atoms. The molecule has 0 bridgehead atoms. The molecule has 4 nitrogen and oxygen atoms in total. The van der Waals surface area contributed by atoms with Crippen molar-refractivity contribution < 1.29 is 4.42 Å². The Labute approximate surface area is 173 Å². The lowest BCUT2D eigenvalue weighted by molar-refractivity contribution is 0.250. The molecule has 4 aromatic rings. The quantitative estimate of drug-likeness (QED) is 0.358. The van der Waals surface area contributed by atoms with E-state index in [0.717, 1.165) is 65.2 Å². The van der Waals surface area contributed by atoms with Gasteiger partial charge in [0, 0.05) is 54.9 Å². The van der Waals surface area contributed by atoms with Crippen molar-refractivity contribution in [1.82, 2.24) is 4.90 Å². The largest absolute Gasteiger partial charge is 0.423 e. The van der Waals surface area contributed by atoms with Gasteiger partial charge < -0.3 is 9.32 Å². The van der Waals surface area contributed by atoms with Crippen LogP contribution in [0.5, 0.6) is 0 Å². The maximum atomic E-state index is 12.1. The summed E-state index contributed by atoms with van der Waals surface area (Å²) in [5, 5.41) is 4.08. The Bertz CT molecular complexity index is 1240. The highest BCUT2D eigenvalue weighted by Crippen LogP contribution is 2.28. The summed E-state index contributed by atoms with van der Waals surface area (Å²) in [6, 6.07) is 21.8. The van der Waals surface area contributed by atoms with Gasteiger partial charge in [-0.1, -0.05) is 48.0 Å². The van der Waals surface area contributed by atoms with Crippen molar-refractivity contribution in [3.05, 3.63) is 87.7 Å². The van der Waals surface area contributed by atoms with Crippen LogP contribution in [0.3, 0.4) is 0 Å². The Kier molecular flexibility index (Phi) is 4.74. The monoisotopic (exact) mass is 404 g/mol. The summed E-state index contributed by atoms with van der Waals surface area (Å²) in [5.74, 6) is 0. The van der Waals surface area contributed by atoms with Crippen LogP contribution in [-0.2, 0) is 6.54 Å². The summed E-state index contributed by atoms with van der Waals surface area (Å²) >= 11 is 6.14. The summed E-state index contributed by atoms with van der Waals surface area (Å²) < 4.78 is 5.49. The van der Waals surface area contributed by atoms with Crippen molar-refractivity contribution in [1.29, 1.82) is 0 Å². The van der Waals surface area contributed by atoms with E-state index in [-0.39, 0.29) is 5.63 Å². The molecule has 0 radical (unpaired) electrons. The zero-order valence-corrected chi connectivity index (χ0v) is 16.7. The van der Waals surface area contributed by atoms with E-state index in [2.05, 4.69) is 28.0 Å². The molecule has 0 N–H and O–H groups in total. The fourth-order valence-corrected chi connectivity index (χ4v) is 4.41. The lowest BCUT2D eigenvalue weighted by atomic mass is 10.0. The minimum absolute atomic E-state index is 0.291. The molecule has 0 aliphatic carbocycles. The van der Waals surface area contributed by atoms with Gasteiger partial charge in [0.25, 0.3) is 0 Å². The third-order valence-electron chi connectivity index (χ3n) is 5.65. The number of fused-ring (bicyclic) bond motifs is 3. The fourth-order valence-electron chi connectivity index (χ4n) is 4.22. The minimum Gasteiger partial charge on any atom is -0.423 e. The zero-order chi connectivity index (χ0) is 19.8. The van der Waals surface area contributed by atoms with Crippen molar-refractivity contribution in [2.75, 3.05) is 31.1 Å². The van der Waals surface area contributed by atoms with E-state index < -0.39 is 0 Å². The molecule has 5 rings (SSSR count). The summed E-state index contributed by atoms with van der Waals surface area (Å²) in [7, 11) is 0. The van der Waals surface area contributed by atoms with Gasteiger partial charge in [-0.3, -0.25) is 4.90 Å². The van der Waals surface area contributed by atoms with Crippen LogP contribution < -0.4 is 10.5 Å². The molecular formula is C24H21ClN2O2. The number of benzene rings is 3. The second-order valence-electron chi connectivity index (χ2n) is 7.49. The number of rotatable bonds is 3. The molecule has 0 amide bonds. The summed E-state index contributed by atoms with van der Waals surface area (Å²) in [5.41, 5.74) is 2.56. The highest BCUT2D eigenvalue weighted by Gasteiger charge is 2.19. The molecule has 0 saturated carbocycles. The van der Waals surface area contributed by atoms with Gasteiger partial charge in [-0.05, 0) is 40.6 Å². The Morgan fingerprint density at radius 3 is 2.55 bits per heavy atom. The molecule has 0 unspecified atom stereocenters. The Morgan fingerprint density at radius 1 is 0.897 bits per heavy atom. The van der Waals surface area contributed by atoms with Gasteiger partial charge in [0.05, 0.1) is 0 Å². The third-order valence-corrected chi connectivity index (χ3v) is 5.89. The van der Waals surface area contributed by atoms with E-state index >= 15 is 0 Å². The van der Waals surface area contributed by atoms with Crippen LogP contribution in [0.4, 0.5) is 5.69 Å². The first-order valence-corrected chi connectivity index (χ1v) is 10.2. The van der Waals surface area contributed by atoms with Gasteiger partial charge in [-0.15, -0.1) is 0 Å². The zero-order valence-electron chi connectivity index (χ0n) is 16.0. The minimum atomic E-state index is -0.291. The van der Waals surface area contributed by atoms with Crippen molar-refractivity contribution >= 4 is 39.0 Å². The molecule has 146 valence electrons. The summed E-state index contributed by atoms with van der Waals surface area (Å²) in [6.07, 6.45) is 0. The van der Waals surface area contributed by atoms with Gasteiger partial charge in [-0.25, -0.2) is 4.79 Å². The molecule has 3 aromatic carbocycles. The SMILES string of the molecule is O=c1cc(CN2CCN(c3cccc(Cl)c3)CC2)c2c(ccc3ccccc32)o1. The predicted molar refractivity (Wildman–Crippen MR) is 119 cm³/mol. The number of hydrogen-bond donors (Lipinski definition) is 0. The maximum absolute atomic E-state index is 12.1. The fraction of sp³-hybridized carbons (Fsp3) is 0.208. The van der Waals surface area contributed by atoms with Crippen LogP contribution >= 0.6 is 11.6 Å². The molecule has 0 atom stereocenters. The van der Waals surface area contributed by atoms with Crippen LogP contribution in [-0.4, -0.2) is 31.1 Å². The number of halogens is 1. The van der Waals surface area contributed by atoms with E-state index in [1.165, 1.54) is 0 Å². The number of nitrogens with zero attached hydrogens (tertiary/aromatic N) is 2. The lowest BCUT2D eigenvalue weighted by Gasteiger charge is -2.36. The van der Waals surface area contributed by atoms with Crippen molar-refractivity contribution in [2.24, 2.45) is 0 Å². The topological polar surface area (TPSA) is 36.7 Å². The second-order valence-corrected chi connectivity index (χ2v) is 7.93. The average Bonchev–Trinajstić information content (AvgIpc) is 2.74. The van der Waals surface area contributed by atoms with Gasteiger partial charge in [0.2, 0.25) is 0 Å². The summed E-state index contributed by atoms with van der Waals surface area (Å²) in [4.78, 5) is 16.9. The van der Waals surface area contributed by atoms with Crippen LogP contribution in [0.15, 0.2) is 75.9 Å². The van der Waals surface area contributed by atoms with E-state index in [1.54, 1.807) is 6.07 Å². The first kappa shape index (κ1) is 18.2. The van der Waals surface area contributed by atoms with Crippen LogP contribution in [0, 0.1) is 0 Å².